The van der Waals surface area contributed by atoms with Crippen molar-refractivity contribution in [3.8, 4) is 23.3 Å². The van der Waals surface area contributed by atoms with Crippen molar-refractivity contribution < 1.29 is 38.9 Å². The average molecular weight is 357 g/mol. The van der Waals surface area contributed by atoms with Gasteiger partial charge in [-0.2, -0.15) is 0 Å². The van der Waals surface area contributed by atoms with Gasteiger partial charge in [-0.25, -0.2) is 4.79 Å². The molecule has 0 amide bonds. The van der Waals surface area contributed by atoms with Crippen LogP contribution in [0.3, 0.4) is 0 Å². The van der Waals surface area contributed by atoms with Crippen LogP contribution in [-0.4, -0.2) is 32.9 Å². The number of nitrogens with zero attached hydrogens (tertiary/aromatic N) is 1. The van der Waals surface area contributed by atoms with E-state index in [1.807, 2.05) is 13.8 Å². The summed E-state index contributed by atoms with van der Waals surface area (Å²) in [5, 5.41) is 20.1. The first-order valence-electron chi connectivity index (χ1n) is 8.08. The molecule has 140 valence electrons. The number of carbonyl (C=O) groups excluding carboxylic acids is 3. The van der Waals surface area contributed by atoms with E-state index in [0.29, 0.717) is 17.6 Å². The molecule has 1 heterocycles. The molecule has 25 heavy (non-hydrogen) atoms. The lowest BCUT2D eigenvalue weighted by atomic mass is 10.2. The molecule has 1 aromatic heterocycles. The van der Waals surface area contributed by atoms with Gasteiger partial charge in [0.2, 0.25) is 11.5 Å². The van der Waals surface area contributed by atoms with Crippen molar-refractivity contribution in [2.75, 3.05) is 0 Å². The topological polar surface area (TPSA) is 124 Å². The number of carbonyl (C=O) groups is 3. The summed E-state index contributed by atoms with van der Waals surface area (Å²) in [6.45, 7) is 4.81. The summed E-state index contributed by atoms with van der Waals surface area (Å²) in [5.41, 5.74) is 0. The Labute approximate surface area is 145 Å². The Morgan fingerprint density at radius 1 is 0.880 bits per heavy atom. The molecule has 1 rings (SSSR count). The summed E-state index contributed by atoms with van der Waals surface area (Å²) in [6.07, 6.45) is 2.75. The zero-order valence-electron chi connectivity index (χ0n) is 14.5. The molecule has 1 aromatic rings. The Bertz CT molecular complexity index is 589. The minimum Gasteiger partial charge on any atom is -0.490 e. The van der Waals surface area contributed by atoms with Gasteiger partial charge in [-0.1, -0.05) is 31.4 Å². The number of hydrogen-bond acceptors (Lipinski definition) is 8. The fraction of sp³-hybridized carbons (Fsp3) is 0.562. The molecule has 0 fully saturated rings. The summed E-state index contributed by atoms with van der Waals surface area (Å²) >= 11 is 0. The number of aromatic hydroxyl groups is 2. The van der Waals surface area contributed by atoms with Crippen LogP contribution >= 0.6 is 0 Å². The molecule has 0 saturated heterocycles. The highest BCUT2D eigenvalue weighted by atomic mass is 16.7. The number of hydrogen-bond donors (Lipinski definition) is 2. The monoisotopic (exact) mass is 357 g/mol. The fourth-order valence-corrected chi connectivity index (χ4v) is 1.86. The normalized spacial score (nSPS) is 10.4. The number of ether oxygens (including phenoxy) is 2. The second kappa shape index (κ2) is 9.55. The van der Waals surface area contributed by atoms with E-state index in [9.17, 15) is 24.6 Å². The molecular formula is C16H23NO8. The van der Waals surface area contributed by atoms with Gasteiger partial charge in [0.1, 0.15) is 0 Å². The zero-order valence-corrected chi connectivity index (χ0v) is 14.5. The van der Waals surface area contributed by atoms with E-state index < -0.39 is 41.2 Å². The molecule has 0 aliphatic rings. The molecule has 0 aromatic carbocycles. The number of aromatic nitrogens is 1. The third kappa shape index (κ3) is 5.70. The molecule has 9 heteroatoms. The van der Waals surface area contributed by atoms with Crippen molar-refractivity contribution in [2.45, 2.75) is 59.3 Å². The van der Waals surface area contributed by atoms with Gasteiger partial charge in [-0.05, 0) is 12.8 Å². The Kier molecular flexibility index (Phi) is 7.77. The van der Waals surface area contributed by atoms with Gasteiger partial charge in [0, 0.05) is 19.8 Å². The van der Waals surface area contributed by atoms with E-state index in [4.69, 9.17) is 9.47 Å². The Morgan fingerprint density at radius 3 is 1.60 bits per heavy atom. The lowest BCUT2D eigenvalue weighted by Crippen LogP contribution is -2.15. The van der Waals surface area contributed by atoms with E-state index in [0.717, 1.165) is 19.8 Å². The van der Waals surface area contributed by atoms with Crippen LogP contribution in [0.4, 0.5) is 0 Å². The van der Waals surface area contributed by atoms with E-state index in [1.54, 1.807) is 0 Å². The minimum absolute atomic E-state index is 0.0681. The maximum atomic E-state index is 11.8. The van der Waals surface area contributed by atoms with Crippen LogP contribution in [0.25, 0.3) is 0 Å². The first-order valence-corrected chi connectivity index (χ1v) is 8.08. The highest BCUT2D eigenvalue weighted by Gasteiger charge is 2.31. The summed E-state index contributed by atoms with van der Waals surface area (Å²) in [7, 11) is 0. The number of esters is 2. The van der Waals surface area contributed by atoms with E-state index in [-0.39, 0.29) is 12.8 Å². The number of rotatable bonds is 9. The second-order valence-electron chi connectivity index (χ2n) is 5.34. The fourth-order valence-electron chi connectivity index (χ4n) is 1.86. The maximum absolute atomic E-state index is 11.8. The third-order valence-electron chi connectivity index (χ3n) is 3.12. The van der Waals surface area contributed by atoms with Crippen molar-refractivity contribution in [3.05, 3.63) is 0 Å². The Morgan fingerprint density at radius 2 is 1.28 bits per heavy atom. The van der Waals surface area contributed by atoms with Crippen LogP contribution in [0, 0.1) is 0 Å². The molecule has 0 aliphatic heterocycles. The summed E-state index contributed by atoms with van der Waals surface area (Å²) < 4.78 is 10.3. The molecule has 0 atom stereocenters. The average Bonchev–Trinajstić information content (AvgIpc) is 2.76. The molecule has 0 aliphatic carbocycles. The lowest BCUT2D eigenvalue weighted by molar-refractivity contribution is -0.142. The molecular weight excluding hydrogens is 334 g/mol. The van der Waals surface area contributed by atoms with Crippen LogP contribution in [0.1, 0.15) is 59.3 Å². The SMILES string of the molecule is CCCCC(=O)Oc1c(OC(=O)CCCC)c(O)n(OC(C)=O)c1O. The largest absolute Gasteiger partial charge is 0.490 e. The molecule has 0 bridgehead atoms. The van der Waals surface area contributed by atoms with Crippen molar-refractivity contribution in [1.29, 1.82) is 0 Å². The van der Waals surface area contributed by atoms with Crippen LogP contribution in [0.5, 0.6) is 23.3 Å². The third-order valence-corrected chi connectivity index (χ3v) is 3.12. The molecule has 9 nitrogen and oxygen atoms in total. The van der Waals surface area contributed by atoms with Gasteiger partial charge in [-0.15, -0.1) is 0 Å². The van der Waals surface area contributed by atoms with Crippen LogP contribution < -0.4 is 14.3 Å². The van der Waals surface area contributed by atoms with Gasteiger partial charge in [0.15, 0.2) is 0 Å². The Balaban J connectivity index is 3.14. The molecule has 0 radical (unpaired) electrons. The minimum atomic E-state index is -0.865. The smallest absolute Gasteiger partial charge is 0.330 e. The predicted molar refractivity (Wildman–Crippen MR) is 85.3 cm³/mol. The second-order valence-corrected chi connectivity index (χ2v) is 5.34. The first-order chi connectivity index (χ1) is 11.8. The van der Waals surface area contributed by atoms with E-state index in [1.165, 1.54) is 0 Å². The quantitative estimate of drug-likeness (QED) is 0.644. The Hall–Kier alpha value is -2.71. The summed E-state index contributed by atoms with van der Waals surface area (Å²) in [6, 6.07) is 0. The number of unbranched alkanes of at least 4 members (excludes halogenated alkanes) is 2. The van der Waals surface area contributed by atoms with Crippen molar-refractivity contribution in [2.24, 2.45) is 0 Å². The van der Waals surface area contributed by atoms with E-state index in [2.05, 4.69) is 4.84 Å². The first kappa shape index (κ1) is 20.3. The summed E-state index contributed by atoms with van der Waals surface area (Å²) in [4.78, 5) is 39.3. The van der Waals surface area contributed by atoms with E-state index >= 15 is 0 Å². The summed E-state index contributed by atoms with van der Waals surface area (Å²) in [5.74, 6) is -5.12. The van der Waals surface area contributed by atoms with Gasteiger partial charge in [0.05, 0.1) is 0 Å². The molecule has 2 N–H and O–H groups in total. The molecule has 0 saturated carbocycles. The van der Waals surface area contributed by atoms with Crippen LogP contribution in [0.2, 0.25) is 0 Å². The molecule has 0 unspecified atom stereocenters. The lowest BCUT2D eigenvalue weighted by Gasteiger charge is -2.06. The zero-order chi connectivity index (χ0) is 19.0. The van der Waals surface area contributed by atoms with Crippen molar-refractivity contribution in [1.82, 2.24) is 4.73 Å². The standard InChI is InChI=1S/C16H23NO8/c1-4-6-8-11(19)23-13-14(24-12(20)9-7-5-2)16(22)17(15(13)21)25-10(3)18/h21-22H,4-9H2,1-3H3. The highest BCUT2D eigenvalue weighted by Crippen LogP contribution is 2.47. The maximum Gasteiger partial charge on any atom is 0.330 e. The van der Waals surface area contributed by atoms with Gasteiger partial charge in [-0.3, -0.25) is 9.59 Å². The molecule has 0 spiro atoms. The van der Waals surface area contributed by atoms with Gasteiger partial charge >= 0.3 is 17.9 Å². The predicted octanol–water partition coefficient (Wildman–Crippen LogP) is 2.07. The van der Waals surface area contributed by atoms with Crippen molar-refractivity contribution >= 4 is 17.9 Å². The van der Waals surface area contributed by atoms with Crippen LogP contribution in [-0.2, 0) is 14.4 Å². The van der Waals surface area contributed by atoms with Crippen LogP contribution in [0.15, 0.2) is 0 Å². The van der Waals surface area contributed by atoms with Gasteiger partial charge < -0.3 is 24.5 Å². The van der Waals surface area contributed by atoms with Crippen molar-refractivity contribution in [3.63, 3.8) is 0 Å². The highest BCUT2D eigenvalue weighted by molar-refractivity contribution is 5.79. The van der Waals surface area contributed by atoms with Gasteiger partial charge in [0.25, 0.3) is 11.8 Å².